The Labute approximate surface area is 176 Å². The highest BCUT2D eigenvalue weighted by Gasteiger charge is 2.21. The molecule has 0 radical (unpaired) electrons. The van der Waals surface area contributed by atoms with Gasteiger partial charge in [-0.15, -0.1) is 10.2 Å². The number of aliphatic hydroxyl groups is 1. The Morgan fingerprint density at radius 1 is 1.31 bits per heavy atom. The molecule has 0 bridgehead atoms. The van der Waals surface area contributed by atoms with Gasteiger partial charge >= 0.3 is 0 Å². The largest absolute Gasteiger partial charge is 0.391 e. The number of carbonyl (C=O) groups is 1. The molecule has 1 aliphatic rings. The van der Waals surface area contributed by atoms with Crippen molar-refractivity contribution in [3.05, 3.63) is 52.0 Å². The second kappa shape index (κ2) is 8.32. The van der Waals surface area contributed by atoms with E-state index >= 15 is 0 Å². The van der Waals surface area contributed by atoms with Crippen molar-refractivity contribution in [3.63, 3.8) is 0 Å². The number of benzene rings is 1. The lowest BCUT2D eigenvalue weighted by molar-refractivity contribution is 0.103. The summed E-state index contributed by atoms with van der Waals surface area (Å²) in [6.07, 6.45) is 1.92. The first-order valence-electron chi connectivity index (χ1n) is 9.05. The highest BCUT2D eigenvalue weighted by atomic mass is 35.5. The Morgan fingerprint density at radius 2 is 2.17 bits per heavy atom. The summed E-state index contributed by atoms with van der Waals surface area (Å²) in [5.41, 5.74) is 1.48. The minimum absolute atomic E-state index is 0.277. The predicted molar refractivity (Wildman–Crippen MR) is 114 cm³/mol. The van der Waals surface area contributed by atoms with E-state index in [1.165, 1.54) is 17.5 Å². The van der Waals surface area contributed by atoms with E-state index in [1.54, 1.807) is 12.1 Å². The first kappa shape index (κ1) is 19.6. The molecule has 2 aromatic heterocycles. The van der Waals surface area contributed by atoms with Crippen LogP contribution in [-0.2, 0) is 0 Å². The van der Waals surface area contributed by atoms with Crippen LogP contribution in [0.25, 0.3) is 0 Å². The standard InChI is InChI=1S/C19H19ClN6O2S/c1-11-3-2-4-13(20)17(11)23-18(28)14-9-21-19(29-14)22-15-5-6-16(25-24-15)26-8-7-12(27)10-26/h2-6,9,12,27H,7-8,10H2,1H3,(H,23,28)(H,21,22,24). The molecular weight excluding hydrogens is 412 g/mol. The van der Waals surface area contributed by atoms with E-state index in [0.717, 1.165) is 24.3 Å². The van der Waals surface area contributed by atoms with E-state index in [1.807, 2.05) is 30.0 Å². The Kier molecular flexibility index (Phi) is 5.61. The van der Waals surface area contributed by atoms with Gasteiger partial charge in [-0.25, -0.2) is 4.98 Å². The number of rotatable bonds is 5. The molecule has 0 saturated carbocycles. The summed E-state index contributed by atoms with van der Waals surface area (Å²) in [6.45, 7) is 3.21. The van der Waals surface area contributed by atoms with Crippen molar-refractivity contribution < 1.29 is 9.90 Å². The zero-order valence-corrected chi connectivity index (χ0v) is 17.2. The Hall–Kier alpha value is -2.75. The number of anilines is 4. The van der Waals surface area contributed by atoms with E-state index in [0.29, 0.717) is 33.1 Å². The first-order chi connectivity index (χ1) is 14.0. The van der Waals surface area contributed by atoms with Crippen LogP contribution in [0.2, 0.25) is 5.02 Å². The second-order valence-corrected chi connectivity index (χ2v) is 8.14. The molecule has 1 aromatic carbocycles. The molecule has 10 heteroatoms. The van der Waals surface area contributed by atoms with Crippen LogP contribution in [-0.4, -0.2) is 45.4 Å². The molecule has 1 fully saturated rings. The molecule has 0 aliphatic carbocycles. The van der Waals surface area contributed by atoms with Gasteiger partial charge in [0, 0.05) is 13.1 Å². The fourth-order valence-electron chi connectivity index (χ4n) is 3.02. The molecule has 1 aliphatic heterocycles. The molecule has 0 spiro atoms. The van der Waals surface area contributed by atoms with Gasteiger partial charge in [0.05, 0.1) is 23.0 Å². The number of amides is 1. The lowest BCUT2D eigenvalue weighted by Gasteiger charge is -2.15. The molecule has 1 amide bonds. The van der Waals surface area contributed by atoms with Gasteiger partial charge in [-0.1, -0.05) is 35.1 Å². The number of carbonyl (C=O) groups excluding carboxylic acids is 1. The van der Waals surface area contributed by atoms with Crippen molar-refractivity contribution in [2.45, 2.75) is 19.4 Å². The number of nitrogens with one attached hydrogen (secondary N) is 2. The number of aliphatic hydroxyl groups excluding tert-OH is 1. The van der Waals surface area contributed by atoms with Crippen LogP contribution in [0.4, 0.5) is 22.5 Å². The van der Waals surface area contributed by atoms with Crippen molar-refractivity contribution in [2.24, 2.45) is 0 Å². The molecular formula is C19H19ClN6O2S. The molecule has 3 heterocycles. The summed E-state index contributed by atoms with van der Waals surface area (Å²) < 4.78 is 0. The summed E-state index contributed by atoms with van der Waals surface area (Å²) >= 11 is 7.38. The summed E-state index contributed by atoms with van der Waals surface area (Å²) in [5, 5.41) is 24.9. The normalized spacial score (nSPS) is 16.1. The van der Waals surface area contributed by atoms with Crippen molar-refractivity contribution in [2.75, 3.05) is 28.6 Å². The van der Waals surface area contributed by atoms with Crippen LogP contribution in [0.1, 0.15) is 21.7 Å². The number of aromatic nitrogens is 3. The Morgan fingerprint density at radius 3 is 2.86 bits per heavy atom. The molecule has 1 saturated heterocycles. The molecule has 1 atom stereocenters. The van der Waals surface area contributed by atoms with Crippen LogP contribution < -0.4 is 15.5 Å². The van der Waals surface area contributed by atoms with E-state index in [-0.39, 0.29) is 12.0 Å². The third-order valence-electron chi connectivity index (χ3n) is 4.56. The van der Waals surface area contributed by atoms with Crippen LogP contribution in [0.15, 0.2) is 36.5 Å². The number of aryl methyl sites for hydroxylation is 1. The topological polar surface area (TPSA) is 103 Å². The van der Waals surface area contributed by atoms with Gasteiger partial charge in [0.25, 0.3) is 5.91 Å². The minimum atomic E-state index is -0.316. The fourth-order valence-corrected chi connectivity index (χ4v) is 4.01. The van der Waals surface area contributed by atoms with E-state index < -0.39 is 0 Å². The SMILES string of the molecule is Cc1cccc(Cl)c1NC(=O)c1cnc(Nc2ccc(N3CCC(O)C3)nn2)s1. The van der Waals surface area contributed by atoms with Gasteiger partial charge in [-0.3, -0.25) is 4.79 Å². The molecule has 3 aromatic rings. The van der Waals surface area contributed by atoms with Gasteiger partial charge < -0.3 is 20.6 Å². The average molecular weight is 431 g/mol. The average Bonchev–Trinajstić information content (AvgIpc) is 3.35. The zero-order valence-electron chi connectivity index (χ0n) is 15.6. The van der Waals surface area contributed by atoms with Crippen LogP contribution >= 0.6 is 22.9 Å². The third-order valence-corrected chi connectivity index (χ3v) is 5.79. The number of para-hydroxylation sites is 1. The first-order valence-corrected chi connectivity index (χ1v) is 10.2. The molecule has 4 rings (SSSR count). The van der Waals surface area contributed by atoms with E-state index in [4.69, 9.17) is 11.6 Å². The molecule has 3 N–H and O–H groups in total. The number of halogens is 1. The molecule has 150 valence electrons. The predicted octanol–water partition coefficient (Wildman–Crippen LogP) is 3.46. The van der Waals surface area contributed by atoms with Crippen molar-refractivity contribution in [3.8, 4) is 0 Å². The quantitative estimate of drug-likeness (QED) is 0.569. The Bertz CT molecular complexity index is 1010. The fraction of sp³-hybridized carbons (Fsp3) is 0.263. The van der Waals surface area contributed by atoms with Crippen molar-refractivity contribution in [1.82, 2.24) is 15.2 Å². The summed E-state index contributed by atoms with van der Waals surface area (Å²) in [7, 11) is 0. The zero-order chi connectivity index (χ0) is 20.4. The van der Waals surface area contributed by atoms with Crippen molar-refractivity contribution in [1.29, 1.82) is 0 Å². The van der Waals surface area contributed by atoms with Crippen LogP contribution in [0, 0.1) is 6.92 Å². The number of hydrogen-bond donors (Lipinski definition) is 3. The van der Waals surface area contributed by atoms with E-state index in [9.17, 15) is 9.90 Å². The maximum Gasteiger partial charge on any atom is 0.267 e. The summed E-state index contributed by atoms with van der Waals surface area (Å²) in [4.78, 5) is 19.2. The Balaban J connectivity index is 1.41. The summed E-state index contributed by atoms with van der Waals surface area (Å²) in [6, 6.07) is 9.08. The van der Waals surface area contributed by atoms with Gasteiger partial charge in [-0.05, 0) is 37.1 Å². The van der Waals surface area contributed by atoms with Gasteiger partial charge in [0.15, 0.2) is 16.8 Å². The van der Waals surface area contributed by atoms with Gasteiger partial charge in [0.1, 0.15) is 4.88 Å². The number of β-amino-alcohol motifs (C(OH)–C–C–N with tert-alkyl or cyclic N) is 1. The maximum atomic E-state index is 12.5. The lowest BCUT2D eigenvalue weighted by atomic mass is 10.2. The van der Waals surface area contributed by atoms with Gasteiger partial charge in [0.2, 0.25) is 0 Å². The van der Waals surface area contributed by atoms with Gasteiger partial charge in [-0.2, -0.15) is 0 Å². The highest BCUT2D eigenvalue weighted by molar-refractivity contribution is 7.17. The smallest absolute Gasteiger partial charge is 0.267 e. The number of thiazole rings is 1. The van der Waals surface area contributed by atoms with Crippen molar-refractivity contribution >= 4 is 51.3 Å². The minimum Gasteiger partial charge on any atom is -0.391 e. The molecule has 1 unspecified atom stereocenters. The number of nitrogens with zero attached hydrogens (tertiary/aromatic N) is 4. The lowest BCUT2D eigenvalue weighted by Crippen LogP contribution is -2.22. The highest BCUT2D eigenvalue weighted by Crippen LogP contribution is 2.28. The third kappa shape index (κ3) is 4.47. The second-order valence-electron chi connectivity index (χ2n) is 6.71. The monoisotopic (exact) mass is 430 g/mol. The van der Waals surface area contributed by atoms with Crippen LogP contribution in [0.5, 0.6) is 0 Å². The summed E-state index contributed by atoms with van der Waals surface area (Å²) in [5.74, 6) is 0.971. The molecule has 8 nitrogen and oxygen atoms in total. The maximum absolute atomic E-state index is 12.5. The molecule has 29 heavy (non-hydrogen) atoms. The van der Waals surface area contributed by atoms with Crippen LogP contribution in [0.3, 0.4) is 0 Å². The van der Waals surface area contributed by atoms with E-state index in [2.05, 4.69) is 25.8 Å². The number of hydrogen-bond acceptors (Lipinski definition) is 8.